The minimum atomic E-state index is 1.11. The number of hydrogen-bond acceptors (Lipinski definition) is 0. The number of allylic oxidation sites excluding steroid dienone is 4. The van der Waals surface area contributed by atoms with Crippen molar-refractivity contribution in [1.82, 2.24) is 0 Å². The van der Waals surface area contributed by atoms with Crippen molar-refractivity contribution >= 4 is 11.1 Å². The second-order valence-electron chi connectivity index (χ2n) is 3.97. The van der Waals surface area contributed by atoms with Gasteiger partial charge in [-0.25, -0.2) is 0 Å². The molecule has 0 bridgehead atoms. The van der Waals surface area contributed by atoms with Gasteiger partial charge in [-0.2, -0.15) is 0 Å². The minimum Gasteiger partial charge on any atom is -0.0984 e. The van der Waals surface area contributed by atoms with E-state index in [1.165, 1.54) is 0 Å². The van der Waals surface area contributed by atoms with E-state index in [-0.39, 0.29) is 0 Å². The molecule has 2 aromatic carbocycles. The molecule has 0 N–H and O–H groups in total. The van der Waals surface area contributed by atoms with Crippen LogP contribution in [-0.2, 0) is 0 Å². The third-order valence-electron chi connectivity index (χ3n) is 2.87. The smallest absolute Gasteiger partial charge is 0.0112 e. The number of hydrogen-bond donors (Lipinski definition) is 0. The van der Waals surface area contributed by atoms with Crippen molar-refractivity contribution in [2.75, 3.05) is 0 Å². The molecule has 0 saturated carbocycles. The summed E-state index contributed by atoms with van der Waals surface area (Å²) in [5, 5.41) is 0. The second-order valence-corrected chi connectivity index (χ2v) is 3.97. The van der Waals surface area contributed by atoms with Gasteiger partial charge in [-0.1, -0.05) is 86.0 Å². The summed E-state index contributed by atoms with van der Waals surface area (Å²) in [6, 6.07) is 20.5. The maximum Gasteiger partial charge on any atom is -0.0112 e. The van der Waals surface area contributed by atoms with Gasteiger partial charge in [0, 0.05) is 0 Å². The van der Waals surface area contributed by atoms with Gasteiger partial charge in [0.15, 0.2) is 0 Å². The molecular weight excluding hydrogens is 216 g/mol. The Balaban J connectivity index is 2.61. The zero-order valence-electron chi connectivity index (χ0n) is 10.3. The van der Waals surface area contributed by atoms with Crippen molar-refractivity contribution in [1.29, 1.82) is 0 Å². The molecule has 0 spiro atoms. The average Bonchev–Trinajstić information content (AvgIpc) is 2.46. The average molecular weight is 232 g/mol. The lowest BCUT2D eigenvalue weighted by molar-refractivity contribution is 1.59. The van der Waals surface area contributed by atoms with Gasteiger partial charge in [-0.15, -0.1) is 0 Å². The van der Waals surface area contributed by atoms with Crippen molar-refractivity contribution in [2.24, 2.45) is 0 Å². The minimum absolute atomic E-state index is 1.11. The van der Waals surface area contributed by atoms with Gasteiger partial charge < -0.3 is 0 Å². The Labute approximate surface area is 109 Å². The summed E-state index contributed by atoms with van der Waals surface area (Å²) < 4.78 is 0. The van der Waals surface area contributed by atoms with Crippen molar-refractivity contribution in [3.8, 4) is 0 Å². The highest BCUT2D eigenvalue weighted by Crippen LogP contribution is 2.27. The Kier molecular flexibility index (Phi) is 3.93. The zero-order valence-corrected chi connectivity index (χ0v) is 10.3. The van der Waals surface area contributed by atoms with Crippen LogP contribution < -0.4 is 0 Å². The fraction of sp³-hybridized carbons (Fsp3) is 0. The van der Waals surface area contributed by atoms with Crippen molar-refractivity contribution in [3.63, 3.8) is 0 Å². The van der Waals surface area contributed by atoms with Gasteiger partial charge in [0.2, 0.25) is 0 Å². The molecule has 0 aliphatic carbocycles. The zero-order chi connectivity index (χ0) is 12.8. The van der Waals surface area contributed by atoms with Gasteiger partial charge in [-0.05, 0) is 22.3 Å². The van der Waals surface area contributed by atoms with E-state index in [0.717, 1.165) is 22.3 Å². The second kappa shape index (κ2) is 5.83. The third kappa shape index (κ3) is 2.49. The van der Waals surface area contributed by atoms with Crippen LogP contribution in [0.4, 0.5) is 0 Å². The van der Waals surface area contributed by atoms with Crippen molar-refractivity contribution in [2.45, 2.75) is 0 Å². The Hall–Kier alpha value is -2.34. The van der Waals surface area contributed by atoms with E-state index < -0.39 is 0 Å². The van der Waals surface area contributed by atoms with Crippen LogP contribution in [0.15, 0.2) is 86.0 Å². The monoisotopic (exact) mass is 232 g/mol. The van der Waals surface area contributed by atoms with Crippen LogP contribution in [0, 0.1) is 0 Å². The highest BCUT2D eigenvalue weighted by molar-refractivity contribution is 5.99. The topological polar surface area (TPSA) is 0 Å². The molecule has 2 rings (SSSR count). The molecule has 0 unspecified atom stereocenters. The molecule has 0 heteroatoms. The SMILES string of the molecule is C=C/C(=C(/C=C)c1ccccc1)c1ccccc1. The molecule has 0 aliphatic heterocycles. The van der Waals surface area contributed by atoms with Crippen LogP contribution in [0.5, 0.6) is 0 Å². The fourth-order valence-electron chi connectivity index (χ4n) is 2.00. The molecule has 0 atom stereocenters. The molecule has 0 amide bonds. The Bertz CT molecular complexity index is 506. The third-order valence-corrected chi connectivity index (χ3v) is 2.87. The van der Waals surface area contributed by atoms with E-state index in [0.29, 0.717) is 0 Å². The molecule has 0 heterocycles. The Morgan fingerprint density at radius 3 is 1.22 bits per heavy atom. The summed E-state index contributed by atoms with van der Waals surface area (Å²) in [7, 11) is 0. The maximum absolute atomic E-state index is 3.93. The first-order valence-electron chi connectivity index (χ1n) is 5.97. The first-order valence-corrected chi connectivity index (χ1v) is 5.97. The molecule has 88 valence electrons. The van der Waals surface area contributed by atoms with Crippen molar-refractivity contribution in [3.05, 3.63) is 97.1 Å². The predicted octanol–water partition coefficient (Wildman–Crippen LogP) is 4.97. The lowest BCUT2D eigenvalue weighted by atomic mass is 9.95. The summed E-state index contributed by atoms with van der Waals surface area (Å²) in [6.45, 7) is 7.85. The molecule has 0 radical (unpaired) electrons. The lowest BCUT2D eigenvalue weighted by Gasteiger charge is -2.09. The quantitative estimate of drug-likeness (QED) is 0.515. The molecule has 0 saturated heterocycles. The number of benzene rings is 2. The molecular formula is C18H16. The van der Waals surface area contributed by atoms with Gasteiger partial charge >= 0.3 is 0 Å². The predicted molar refractivity (Wildman–Crippen MR) is 80.1 cm³/mol. The molecule has 0 nitrogen and oxygen atoms in total. The summed E-state index contributed by atoms with van der Waals surface area (Å²) in [4.78, 5) is 0. The van der Waals surface area contributed by atoms with E-state index in [1.807, 2.05) is 48.6 Å². The van der Waals surface area contributed by atoms with Gasteiger partial charge in [0.25, 0.3) is 0 Å². The van der Waals surface area contributed by atoms with Gasteiger partial charge in [-0.3, -0.25) is 0 Å². The highest BCUT2D eigenvalue weighted by atomic mass is 14.1. The first-order chi connectivity index (χ1) is 8.86. The van der Waals surface area contributed by atoms with E-state index in [9.17, 15) is 0 Å². The van der Waals surface area contributed by atoms with Gasteiger partial charge in [0.05, 0.1) is 0 Å². The summed E-state index contributed by atoms with van der Waals surface area (Å²) in [5.74, 6) is 0. The Morgan fingerprint density at radius 1 is 0.611 bits per heavy atom. The van der Waals surface area contributed by atoms with E-state index in [1.54, 1.807) is 0 Å². The fourth-order valence-corrected chi connectivity index (χ4v) is 2.00. The molecule has 0 fully saturated rings. The maximum atomic E-state index is 3.93. The number of rotatable bonds is 4. The molecule has 0 aliphatic rings. The van der Waals surface area contributed by atoms with Crippen molar-refractivity contribution < 1.29 is 0 Å². The first kappa shape index (κ1) is 12.1. The van der Waals surface area contributed by atoms with Gasteiger partial charge in [0.1, 0.15) is 0 Å². The van der Waals surface area contributed by atoms with E-state index in [2.05, 4.69) is 37.4 Å². The van der Waals surface area contributed by atoms with E-state index >= 15 is 0 Å². The lowest BCUT2D eigenvalue weighted by Crippen LogP contribution is -1.87. The Morgan fingerprint density at radius 2 is 0.944 bits per heavy atom. The summed E-state index contributed by atoms with van der Waals surface area (Å²) in [5.41, 5.74) is 4.53. The molecule has 18 heavy (non-hydrogen) atoms. The van der Waals surface area contributed by atoms with Crippen LogP contribution >= 0.6 is 0 Å². The van der Waals surface area contributed by atoms with Crippen LogP contribution in [0.2, 0.25) is 0 Å². The summed E-state index contributed by atoms with van der Waals surface area (Å²) >= 11 is 0. The van der Waals surface area contributed by atoms with E-state index in [4.69, 9.17) is 0 Å². The largest absolute Gasteiger partial charge is 0.0984 e. The molecule has 2 aromatic rings. The van der Waals surface area contributed by atoms with Crippen LogP contribution in [0.1, 0.15) is 11.1 Å². The van der Waals surface area contributed by atoms with Crippen LogP contribution in [0.3, 0.4) is 0 Å². The molecule has 0 aromatic heterocycles. The normalized spacial score (nSPS) is 11.6. The standard InChI is InChI=1S/C18H16/c1-3-17(15-11-7-5-8-12-15)18(4-2)16-13-9-6-10-14-16/h3-14H,1-2H2/b18-17+. The highest BCUT2D eigenvalue weighted by Gasteiger charge is 2.05. The van der Waals surface area contributed by atoms with Crippen LogP contribution in [0.25, 0.3) is 11.1 Å². The summed E-state index contributed by atoms with van der Waals surface area (Å²) in [6.07, 6.45) is 3.78. The van der Waals surface area contributed by atoms with Crippen LogP contribution in [-0.4, -0.2) is 0 Å².